The van der Waals surface area contributed by atoms with E-state index in [2.05, 4.69) is 10.3 Å². The first-order valence-corrected chi connectivity index (χ1v) is 8.49. The van der Waals surface area contributed by atoms with Crippen molar-refractivity contribution in [3.63, 3.8) is 0 Å². The van der Waals surface area contributed by atoms with Crippen LogP contribution in [0.4, 0.5) is 0 Å². The predicted octanol–water partition coefficient (Wildman–Crippen LogP) is 0.895. The van der Waals surface area contributed by atoms with Crippen LogP contribution in [0.5, 0.6) is 0 Å². The van der Waals surface area contributed by atoms with Crippen molar-refractivity contribution >= 4 is 26.8 Å². The molecule has 21 heavy (non-hydrogen) atoms. The summed E-state index contributed by atoms with van der Waals surface area (Å²) in [5, 5.41) is 8.71. The number of aromatic nitrogens is 1. The van der Waals surface area contributed by atoms with Gasteiger partial charge < -0.3 is 10.3 Å². The summed E-state index contributed by atoms with van der Waals surface area (Å²) in [4.78, 5) is 14.9. The highest BCUT2D eigenvalue weighted by molar-refractivity contribution is 7.89. The summed E-state index contributed by atoms with van der Waals surface area (Å²) in [6.07, 6.45) is 3.26. The third kappa shape index (κ3) is 4.87. The third-order valence-electron chi connectivity index (χ3n) is 3.22. The molecule has 2 aromatic rings. The number of hydrogen-bond acceptors (Lipinski definition) is 3. The zero-order valence-electron chi connectivity index (χ0n) is 11.6. The number of primary sulfonamides is 1. The molecule has 0 radical (unpaired) electrons. The van der Waals surface area contributed by atoms with E-state index < -0.39 is 10.0 Å². The quantitative estimate of drug-likeness (QED) is 0.661. The van der Waals surface area contributed by atoms with Crippen LogP contribution < -0.4 is 10.5 Å². The summed E-state index contributed by atoms with van der Waals surface area (Å²) in [6.45, 7) is 0.323. The Morgan fingerprint density at radius 1 is 1.29 bits per heavy atom. The van der Waals surface area contributed by atoms with E-state index in [0.717, 1.165) is 16.5 Å². The molecule has 0 saturated heterocycles. The molecular formula is C14H19N3O3S. The number of hydrogen-bond donors (Lipinski definition) is 3. The Hall–Kier alpha value is -1.86. The number of nitrogens with two attached hydrogens (primary N) is 1. The first-order chi connectivity index (χ1) is 9.96. The van der Waals surface area contributed by atoms with Crippen LogP contribution >= 0.6 is 0 Å². The van der Waals surface area contributed by atoms with E-state index in [-0.39, 0.29) is 11.7 Å². The summed E-state index contributed by atoms with van der Waals surface area (Å²) >= 11 is 0. The number of carbonyl (C=O) groups is 1. The van der Waals surface area contributed by atoms with Gasteiger partial charge in [-0.1, -0.05) is 18.2 Å². The Morgan fingerprint density at radius 2 is 2.05 bits per heavy atom. The van der Waals surface area contributed by atoms with Crippen LogP contribution in [0.25, 0.3) is 10.9 Å². The standard InChI is InChI=1S/C14H19N3O3S/c15-21(19,20)9-3-8-16-14(18)7-6-11-10-17-13-5-2-1-4-12(11)13/h1-2,4-5,10,17H,3,6-9H2,(H,16,18)(H2,15,19,20). The largest absolute Gasteiger partial charge is 0.361 e. The summed E-state index contributed by atoms with van der Waals surface area (Å²) in [6, 6.07) is 7.94. The van der Waals surface area contributed by atoms with Gasteiger partial charge >= 0.3 is 0 Å². The number of sulfonamides is 1. The van der Waals surface area contributed by atoms with Crippen molar-refractivity contribution in [1.29, 1.82) is 0 Å². The number of H-pyrrole nitrogens is 1. The van der Waals surface area contributed by atoms with Crippen molar-refractivity contribution in [3.8, 4) is 0 Å². The van der Waals surface area contributed by atoms with E-state index >= 15 is 0 Å². The number of para-hydroxylation sites is 1. The van der Waals surface area contributed by atoms with Gasteiger partial charge in [-0.15, -0.1) is 0 Å². The van der Waals surface area contributed by atoms with Crippen molar-refractivity contribution in [2.75, 3.05) is 12.3 Å². The number of benzene rings is 1. The minimum Gasteiger partial charge on any atom is -0.361 e. The number of aromatic amines is 1. The van der Waals surface area contributed by atoms with Gasteiger partial charge in [0.25, 0.3) is 0 Å². The Labute approximate surface area is 123 Å². The molecule has 0 bridgehead atoms. The van der Waals surface area contributed by atoms with Gasteiger partial charge in [-0.2, -0.15) is 0 Å². The topological polar surface area (TPSA) is 105 Å². The Morgan fingerprint density at radius 3 is 2.81 bits per heavy atom. The van der Waals surface area contributed by atoms with Crippen LogP contribution in [0.3, 0.4) is 0 Å². The molecule has 6 nitrogen and oxygen atoms in total. The van der Waals surface area contributed by atoms with E-state index in [0.29, 0.717) is 25.8 Å². The average molecular weight is 309 g/mol. The average Bonchev–Trinajstić information content (AvgIpc) is 2.84. The van der Waals surface area contributed by atoms with Crippen molar-refractivity contribution in [2.24, 2.45) is 5.14 Å². The lowest BCUT2D eigenvalue weighted by molar-refractivity contribution is -0.121. The van der Waals surface area contributed by atoms with Crippen LogP contribution in [0.1, 0.15) is 18.4 Å². The first kappa shape index (κ1) is 15.5. The van der Waals surface area contributed by atoms with Gasteiger partial charge in [-0.25, -0.2) is 13.6 Å². The maximum Gasteiger partial charge on any atom is 0.220 e. The molecule has 4 N–H and O–H groups in total. The Kier molecular flexibility index (Phi) is 4.98. The molecule has 1 aromatic heterocycles. The van der Waals surface area contributed by atoms with Gasteiger partial charge in [-0.05, 0) is 24.5 Å². The minimum absolute atomic E-state index is 0.0882. The summed E-state index contributed by atoms with van der Waals surface area (Å²) < 4.78 is 21.5. The highest BCUT2D eigenvalue weighted by Crippen LogP contribution is 2.18. The SMILES string of the molecule is NS(=O)(=O)CCCNC(=O)CCc1c[nH]c2ccccc12. The first-order valence-electron chi connectivity index (χ1n) is 6.78. The maximum absolute atomic E-state index is 11.7. The number of rotatable bonds is 7. The van der Waals surface area contributed by atoms with Crippen LogP contribution in [0, 0.1) is 0 Å². The third-order valence-corrected chi connectivity index (χ3v) is 4.08. The van der Waals surface area contributed by atoms with E-state index in [9.17, 15) is 13.2 Å². The molecule has 0 unspecified atom stereocenters. The molecule has 114 valence electrons. The van der Waals surface area contributed by atoms with E-state index in [1.54, 1.807) is 0 Å². The highest BCUT2D eigenvalue weighted by atomic mass is 32.2. The van der Waals surface area contributed by atoms with Gasteiger partial charge in [0.2, 0.25) is 15.9 Å². The molecule has 0 atom stereocenters. The summed E-state index contributed by atoms with van der Waals surface area (Å²) in [5.41, 5.74) is 2.16. The molecule has 0 aliphatic rings. The molecule has 1 aromatic carbocycles. The van der Waals surface area contributed by atoms with Crippen LogP contribution in [0.2, 0.25) is 0 Å². The molecule has 7 heteroatoms. The zero-order valence-corrected chi connectivity index (χ0v) is 12.4. The number of fused-ring (bicyclic) bond motifs is 1. The fourth-order valence-corrected chi connectivity index (χ4v) is 2.72. The van der Waals surface area contributed by atoms with Gasteiger partial charge in [0.05, 0.1) is 5.75 Å². The number of nitrogens with one attached hydrogen (secondary N) is 2. The molecule has 2 rings (SSSR count). The number of aryl methyl sites for hydroxylation is 1. The van der Waals surface area contributed by atoms with Crippen LogP contribution in [-0.2, 0) is 21.2 Å². The van der Waals surface area contributed by atoms with Crippen molar-refractivity contribution < 1.29 is 13.2 Å². The van der Waals surface area contributed by atoms with E-state index in [4.69, 9.17) is 5.14 Å². The smallest absolute Gasteiger partial charge is 0.220 e. The fraction of sp³-hybridized carbons (Fsp3) is 0.357. The lowest BCUT2D eigenvalue weighted by Crippen LogP contribution is -2.27. The van der Waals surface area contributed by atoms with Crippen LogP contribution in [0.15, 0.2) is 30.5 Å². The summed E-state index contributed by atoms with van der Waals surface area (Å²) in [7, 11) is -3.45. The Balaban J connectivity index is 1.76. The lowest BCUT2D eigenvalue weighted by Gasteiger charge is -2.04. The van der Waals surface area contributed by atoms with Crippen molar-refractivity contribution in [1.82, 2.24) is 10.3 Å². The highest BCUT2D eigenvalue weighted by Gasteiger charge is 2.07. The van der Waals surface area contributed by atoms with Crippen LogP contribution in [-0.4, -0.2) is 31.6 Å². The second-order valence-electron chi connectivity index (χ2n) is 4.93. The molecule has 0 aliphatic carbocycles. The molecule has 0 saturated carbocycles. The monoisotopic (exact) mass is 309 g/mol. The van der Waals surface area contributed by atoms with Gasteiger partial charge in [0, 0.05) is 30.1 Å². The van der Waals surface area contributed by atoms with Crippen molar-refractivity contribution in [2.45, 2.75) is 19.3 Å². The summed E-state index contributed by atoms with van der Waals surface area (Å²) in [5.74, 6) is -0.204. The Bertz CT molecular complexity index is 722. The zero-order chi connectivity index (χ0) is 15.3. The minimum atomic E-state index is -3.45. The predicted molar refractivity (Wildman–Crippen MR) is 82.2 cm³/mol. The molecule has 0 spiro atoms. The van der Waals surface area contributed by atoms with Crippen molar-refractivity contribution in [3.05, 3.63) is 36.0 Å². The second-order valence-corrected chi connectivity index (χ2v) is 6.66. The normalized spacial score (nSPS) is 11.7. The number of amides is 1. The second kappa shape index (κ2) is 6.73. The van der Waals surface area contributed by atoms with E-state index in [1.807, 2.05) is 30.5 Å². The molecule has 1 heterocycles. The van der Waals surface area contributed by atoms with E-state index in [1.165, 1.54) is 0 Å². The maximum atomic E-state index is 11.7. The molecule has 0 fully saturated rings. The molecular weight excluding hydrogens is 290 g/mol. The van der Waals surface area contributed by atoms with Gasteiger partial charge in [0.1, 0.15) is 0 Å². The molecule has 1 amide bonds. The van der Waals surface area contributed by atoms with Gasteiger partial charge in [0.15, 0.2) is 0 Å². The molecule has 0 aliphatic heterocycles. The van der Waals surface area contributed by atoms with Gasteiger partial charge in [-0.3, -0.25) is 4.79 Å². The lowest BCUT2D eigenvalue weighted by atomic mass is 10.1. The fourth-order valence-electron chi connectivity index (χ4n) is 2.18. The number of carbonyl (C=O) groups excluding carboxylic acids is 1.